The van der Waals surface area contributed by atoms with Gasteiger partial charge in [0, 0.05) is 25.5 Å². The Morgan fingerprint density at radius 2 is 2.00 bits per heavy atom. The quantitative estimate of drug-likeness (QED) is 0.302. The highest BCUT2D eigenvalue weighted by molar-refractivity contribution is 6.30. The van der Waals surface area contributed by atoms with Gasteiger partial charge in [-0.3, -0.25) is 9.48 Å². The molecule has 37 heavy (non-hydrogen) atoms. The van der Waals surface area contributed by atoms with Crippen molar-refractivity contribution in [3.05, 3.63) is 63.3 Å². The number of nitrogens with zero attached hydrogens (tertiary/aromatic N) is 4. The lowest BCUT2D eigenvalue weighted by atomic mass is 9.87. The van der Waals surface area contributed by atoms with Crippen LogP contribution in [0.4, 0.5) is 5.69 Å². The van der Waals surface area contributed by atoms with Crippen LogP contribution in [0.1, 0.15) is 50.7 Å². The zero-order valence-corrected chi connectivity index (χ0v) is 22.8. The van der Waals surface area contributed by atoms with Crippen molar-refractivity contribution in [1.82, 2.24) is 29.6 Å². The first-order valence-electron chi connectivity index (χ1n) is 13.0. The minimum Gasteiger partial charge on any atom is -0.382 e. The number of likely N-dealkylation sites (tertiary alicyclic amines) is 1. The average molecular weight is 522 g/mol. The Morgan fingerprint density at radius 3 is 2.70 bits per heavy atom. The monoisotopic (exact) mass is 521 g/mol. The van der Waals surface area contributed by atoms with Gasteiger partial charge in [0.15, 0.2) is 0 Å². The number of rotatable bonds is 7. The van der Waals surface area contributed by atoms with E-state index in [1.165, 1.54) is 5.56 Å². The first-order valence-corrected chi connectivity index (χ1v) is 13.4. The molecule has 0 aliphatic carbocycles. The van der Waals surface area contributed by atoms with E-state index in [4.69, 9.17) is 16.6 Å². The van der Waals surface area contributed by atoms with Gasteiger partial charge in [-0.05, 0) is 67.4 Å². The molecule has 196 valence electrons. The summed E-state index contributed by atoms with van der Waals surface area (Å²) in [5.41, 5.74) is 5.74. The van der Waals surface area contributed by atoms with Gasteiger partial charge in [-0.2, -0.15) is 5.10 Å². The molecular formula is C28H36ClN7O. The number of fused-ring (bicyclic) bond motifs is 1. The number of piperidine rings is 1. The normalized spacial score (nSPS) is 15.5. The standard InChI is InChI=1S/C28H36ClN7O/c1-18-13-20(19-6-10-35(11-7-19)17-28(2,3)4)14-23-25(18)34-26(33-23)24-22(5-8-31-27(24)37)30-9-12-36-16-21(29)15-32-36/h5,8,13-16,19H,6-7,9-12,17H2,1-4H3,(H,33,34)(H2,30,31,37). The largest absolute Gasteiger partial charge is 0.382 e. The molecular weight excluding hydrogens is 486 g/mol. The fourth-order valence-electron chi connectivity index (χ4n) is 5.39. The molecule has 1 fully saturated rings. The molecule has 4 aromatic rings. The highest BCUT2D eigenvalue weighted by Crippen LogP contribution is 2.33. The fraction of sp³-hybridized carbons (Fsp3) is 0.464. The molecule has 1 aliphatic heterocycles. The van der Waals surface area contributed by atoms with Gasteiger partial charge in [-0.25, -0.2) is 4.98 Å². The highest BCUT2D eigenvalue weighted by atomic mass is 35.5. The van der Waals surface area contributed by atoms with Crippen LogP contribution in [0.25, 0.3) is 22.4 Å². The number of aromatic nitrogens is 5. The van der Waals surface area contributed by atoms with Crippen molar-refractivity contribution >= 4 is 28.3 Å². The topological polar surface area (TPSA) is 94.6 Å². The van der Waals surface area contributed by atoms with Crippen LogP contribution in [-0.2, 0) is 6.54 Å². The van der Waals surface area contributed by atoms with Gasteiger partial charge in [0.1, 0.15) is 11.4 Å². The van der Waals surface area contributed by atoms with Crippen molar-refractivity contribution in [2.24, 2.45) is 5.41 Å². The number of benzene rings is 1. The van der Waals surface area contributed by atoms with Gasteiger partial charge in [0.05, 0.1) is 34.5 Å². The first-order chi connectivity index (χ1) is 17.7. The maximum atomic E-state index is 12.9. The Bertz CT molecular complexity index is 1440. The molecule has 4 heterocycles. The van der Waals surface area contributed by atoms with E-state index in [-0.39, 0.29) is 5.56 Å². The van der Waals surface area contributed by atoms with Crippen molar-refractivity contribution in [3.8, 4) is 11.4 Å². The molecule has 1 saturated heterocycles. The summed E-state index contributed by atoms with van der Waals surface area (Å²) in [6.45, 7) is 13.6. The first kappa shape index (κ1) is 25.5. The molecule has 9 heteroatoms. The molecule has 0 unspecified atom stereocenters. The molecule has 3 N–H and O–H groups in total. The molecule has 0 atom stereocenters. The predicted octanol–water partition coefficient (Wildman–Crippen LogP) is 5.41. The van der Waals surface area contributed by atoms with Crippen molar-refractivity contribution in [3.63, 3.8) is 0 Å². The number of halogens is 1. The van der Waals surface area contributed by atoms with Gasteiger partial charge in [0.2, 0.25) is 0 Å². The Hall–Kier alpha value is -3.10. The van der Waals surface area contributed by atoms with Crippen molar-refractivity contribution < 1.29 is 0 Å². The summed E-state index contributed by atoms with van der Waals surface area (Å²) in [7, 11) is 0. The third-order valence-electron chi connectivity index (χ3n) is 7.01. The Morgan fingerprint density at radius 1 is 1.22 bits per heavy atom. The number of aromatic amines is 2. The van der Waals surface area contributed by atoms with Crippen LogP contribution in [0.2, 0.25) is 5.02 Å². The lowest BCUT2D eigenvalue weighted by molar-refractivity contribution is 0.154. The number of imidazole rings is 1. The lowest BCUT2D eigenvalue weighted by Crippen LogP contribution is -2.38. The van der Waals surface area contributed by atoms with Crippen molar-refractivity contribution in [2.75, 3.05) is 31.5 Å². The Kier molecular flexibility index (Phi) is 7.14. The molecule has 0 bridgehead atoms. The van der Waals surface area contributed by atoms with E-state index in [9.17, 15) is 4.79 Å². The SMILES string of the molecule is Cc1cc(C2CCN(CC(C)(C)C)CC2)cc2[nH]c(-c3c(NCCn4cc(Cl)cn4)cc[nH]c3=O)nc12. The number of nitrogens with one attached hydrogen (secondary N) is 3. The maximum Gasteiger partial charge on any atom is 0.261 e. The van der Waals surface area contributed by atoms with E-state index in [1.54, 1.807) is 23.3 Å². The fourth-order valence-corrected chi connectivity index (χ4v) is 5.55. The van der Waals surface area contributed by atoms with E-state index in [1.807, 2.05) is 6.07 Å². The van der Waals surface area contributed by atoms with E-state index < -0.39 is 0 Å². The van der Waals surface area contributed by atoms with E-state index in [2.05, 4.69) is 65.1 Å². The highest BCUT2D eigenvalue weighted by Gasteiger charge is 2.25. The van der Waals surface area contributed by atoms with Crippen molar-refractivity contribution in [2.45, 2.75) is 53.0 Å². The van der Waals surface area contributed by atoms with Crippen molar-refractivity contribution in [1.29, 1.82) is 0 Å². The van der Waals surface area contributed by atoms with Crippen LogP contribution in [0.5, 0.6) is 0 Å². The summed E-state index contributed by atoms with van der Waals surface area (Å²) < 4.78 is 1.77. The molecule has 5 rings (SSSR count). The number of aryl methyl sites for hydroxylation is 1. The van der Waals surface area contributed by atoms with Gasteiger partial charge in [-0.15, -0.1) is 0 Å². The van der Waals surface area contributed by atoms with Gasteiger partial charge < -0.3 is 20.2 Å². The number of pyridine rings is 1. The maximum absolute atomic E-state index is 12.9. The molecule has 1 aromatic carbocycles. The second-order valence-electron chi connectivity index (χ2n) is 11.4. The van der Waals surface area contributed by atoms with E-state index in [0.717, 1.165) is 54.8 Å². The third kappa shape index (κ3) is 5.91. The van der Waals surface area contributed by atoms with E-state index in [0.29, 0.717) is 40.8 Å². The molecule has 0 saturated carbocycles. The summed E-state index contributed by atoms with van der Waals surface area (Å²) in [5.74, 6) is 1.11. The molecule has 1 aliphatic rings. The van der Waals surface area contributed by atoms with Crippen LogP contribution in [-0.4, -0.2) is 55.8 Å². The van der Waals surface area contributed by atoms with Crippen LogP contribution in [0.3, 0.4) is 0 Å². The number of hydrogen-bond acceptors (Lipinski definition) is 5. The molecule has 0 amide bonds. The molecule has 0 spiro atoms. The molecule has 3 aromatic heterocycles. The van der Waals surface area contributed by atoms with Gasteiger partial charge in [0.25, 0.3) is 5.56 Å². The van der Waals surface area contributed by atoms with Crippen LogP contribution in [0, 0.1) is 12.3 Å². The smallest absolute Gasteiger partial charge is 0.261 e. The number of hydrogen-bond donors (Lipinski definition) is 3. The molecule has 0 radical (unpaired) electrons. The summed E-state index contributed by atoms with van der Waals surface area (Å²) in [5, 5.41) is 8.17. The Labute approximate surface area is 222 Å². The van der Waals surface area contributed by atoms with Crippen LogP contribution in [0.15, 0.2) is 41.6 Å². The summed E-state index contributed by atoms with van der Waals surface area (Å²) >= 11 is 5.96. The zero-order chi connectivity index (χ0) is 26.2. The minimum atomic E-state index is -0.185. The van der Waals surface area contributed by atoms with Crippen LogP contribution < -0.4 is 10.9 Å². The Balaban J connectivity index is 1.36. The molecule has 8 nitrogen and oxygen atoms in total. The summed E-state index contributed by atoms with van der Waals surface area (Å²) in [6.07, 6.45) is 7.36. The summed E-state index contributed by atoms with van der Waals surface area (Å²) in [4.78, 5) is 26.6. The second kappa shape index (κ2) is 10.3. The average Bonchev–Trinajstić information content (AvgIpc) is 3.45. The summed E-state index contributed by atoms with van der Waals surface area (Å²) in [6, 6.07) is 6.37. The number of anilines is 1. The van der Waals surface area contributed by atoms with E-state index >= 15 is 0 Å². The zero-order valence-electron chi connectivity index (χ0n) is 22.1. The number of H-pyrrole nitrogens is 2. The van der Waals surface area contributed by atoms with Gasteiger partial charge in [-0.1, -0.05) is 38.4 Å². The third-order valence-corrected chi connectivity index (χ3v) is 7.21. The minimum absolute atomic E-state index is 0.185. The lowest BCUT2D eigenvalue weighted by Gasteiger charge is -2.36. The van der Waals surface area contributed by atoms with Gasteiger partial charge >= 0.3 is 0 Å². The predicted molar refractivity (Wildman–Crippen MR) is 150 cm³/mol. The van der Waals surface area contributed by atoms with Crippen LogP contribution >= 0.6 is 11.6 Å². The second-order valence-corrected chi connectivity index (χ2v) is 11.8.